The number of nitrogens with zero attached hydrogens (tertiary/aromatic N) is 1. The van der Waals surface area contributed by atoms with Gasteiger partial charge in [-0.1, -0.05) is 32.0 Å². The maximum atomic E-state index is 12.5. The highest BCUT2D eigenvalue weighted by molar-refractivity contribution is 8.00. The SMILES string of the molecule is Cc1cccc(C(C)C)c1NC(=O)[C@@H](C)Sc1cccc[n+]1[O-]. The van der Waals surface area contributed by atoms with Crippen molar-refractivity contribution in [3.63, 3.8) is 0 Å². The van der Waals surface area contributed by atoms with E-state index in [9.17, 15) is 10.0 Å². The zero-order valence-corrected chi connectivity index (χ0v) is 14.7. The van der Waals surface area contributed by atoms with Crippen LogP contribution in [0.4, 0.5) is 5.69 Å². The van der Waals surface area contributed by atoms with Crippen molar-refractivity contribution < 1.29 is 9.52 Å². The molecule has 0 aliphatic rings. The second-order valence-corrected chi connectivity index (χ2v) is 7.17. The van der Waals surface area contributed by atoms with Crippen LogP contribution in [0, 0.1) is 12.1 Å². The minimum Gasteiger partial charge on any atom is -0.618 e. The van der Waals surface area contributed by atoms with E-state index in [0.717, 1.165) is 21.5 Å². The Bertz CT molecular complexity index is 701. The van der Waals surface area contributed by atoms with E-state index in [2.05, 4.69) is 19.2 Å². The summed E-state index contributed by atoms with van der Waals surface area (Å²) in [5.41, 5.74) is 3.04. The van der Waals surface area contributed by atoms with Gasteiger partial charge in [0.2, 0.25) is 5.91 Å². The lowest BCUT2D eigenvalue weighted by Crippen LogP contribution is -2.31. The lowest BCUT2D eigenvalue weighted by atomic mass is 9.98. The Morgan fingerprint density at radius 1 is 1.17 bits per heavy atom. The smallest absolute Gasteiger partial charge is 0.252 e. The van der Waals surface area contributed by atoms with Crippen molar-refractivity contribution >= 4 is 23.4 Å². The maximum absolute atomic E-state index is 12.5. The van der Waals surface area contributed by atoms with Gasteiger partial charge in [-0.05, 0) is 48.7 Å². The first-order valence-corrected chi connectivity index (χ1v) is 8.53. The van der Waals surface area contributed by atoms with Crippen molar-refractivity contribution in [2.75, 3.05) is 5.32 Å². The molecule has 2 aromatic rings. The van der Waals surface area contributed by atoms with Gasteiger partial charge in [0.15, 0.2) is 6.20 Å². The Labute approximate surface area is 141 Å². The molecule has 0 aliphatic heterocycles. The first-order chi connectivity index (χ1) is 10.9. The number of anilines is 1. The summed E-state index contributed by atoms with van der Waals surface area (Å²) in [6, 6.07) is 11.2. The fraction of sp³-hybridized carbons (Fsp3) is 0.333. The molecule has 5 heteroatoms. The minimum absolute atomic E-state index is 0.102. The Hall–Kier alpha value is -2.01. The molecule has 0 saturated carbocycles. The highest BCUT2D eigenvalue weighted by atomic mass is 32.2. The second-order valence-electron chi connectivity index (χ2n) is 5.81. The molecule has 0 fully saturated rings. The molecular formula is C18H22N2O2S. The van der Waals surface area contributed by atoms with Crippen LogP contribution in [0.25, 0.3) is 0 Å². The normalized spacial score (nSPS) is 12.2. The summed E-state index contributed by atoms with van der Waals surface area (Å²) < 4.78 is 0.780. The molecule has 1 N–H and O–H groups in total. The van der Waals surface area contributed by atoms with E-state index >= 15 is 0 Å². The lowest BCUT2D eigenvalue weighted by Gasteiger charge is -2.18. The van der Waals surface area contributed by atoms with Gasteiger partial charge in [0.1, 0.15) is 0 Å². The molecule has 0 unspecified atom stereocenters. The molecule has 23 heavy (non-hydrogen) atoms. The van der Waals surface area contributed by atoms with Crippen LogP contribution in [0.5, 0.6) is 0 Å². The number of hydrogen-bond donors (Lipinski definition) is 1. The van der Waals surface area contributed by atoms with Gasteiger partial charge in [0.05, 0.1) is 5.25 Å². The zero-order chi connectivity index (χ0) is 17.0. The van der Waals surface area contributed by atoms with Crippen LogP contribution in [0.3, 0.4) is 0 Å². The summed E-state index contributed by atoms with van der Waals surface area (Å²) in [5.74, 6) is 0.223. The number of carbonyl (C=O) groups excluding carboxylic acids is 1. The number of para-hydroxylation sites is 1. The molecular weight excluding hydrogens is 308 g/mol. The van der Waals surface area contributed by atoms with Crippen molar-refractivity contribution in [2.45, 2.75) is 43.9 Å². The summed E-state index contributed by atoms with van der Waals surface area (Å²) in [7, 11) is 0. The number of benzene rings is 1. The number of thioether (sulfide) groups is 1. The number of pyridine rings is 1. The van der Waals surface area contributed by atoms with Crippen LogP contribution < -0.4 is 10.0 Å². The Morgan fingerprint density at radius 2 is 1.91 bits per heavy atom. The third-order valence-electron chi connectivity index (χ3n) is 3.63. The number of aryl methyl sites for hydroxylation is 1. The van der Waals surface area contributed by atoms with E-state index in [-0.39, 0.29) is 11.2 Å². The predicted octanol–water partition coefficient (Wildman–Crippen LogP) is 3.87. The van der Waals surface area contributed by atoms with Crippen LogP contribution in [0.15, 0.2) is 47.6 Å². The van der Waals surface area contributed by atoms with Gasteiger partial charge in [0, 0.05) is 17.8 Å². The lowest BCUT2D eigenvalue weighted by molar-refractivity contribution is -0.645. The highest BCUT2D eigenvalue weighted by Gasteiger charge is 2.20. The first-order valence-electron chi connectivity index (χ1n) is 7.65. The summed E-state index contributed by atoms with van der Waals surface area (Å²) >= 11 is 1.26. The fourth-order valence-corrected chi connectivity index (χ4v) is 3.16. The molecule has 1 aromatic carbocycles. The van der Waals surface area contributed by atoms with Gasteiger partial charge in [0.25, 0.3) is 5.03 Å². The van der Waals surface area contributed by atoms with Crippen LogP contribution >= 0.6 is 11.8 Å². The molecule has 0 radical (unpaired) electrons. The van der Waals surface area contributed by atoms with Crippen molar-refractivity contribution in [2.24, 2.45) is 0 Å². The average molecular weight is 330 g/mol. The van der Waals surface area contributed by atoms with Crippen LogP contribution in [-0.4, -0.2) is 11.2 Å². The van der Waals surface area contributed by atoms with Crippen molar-refractivity contribution in [1.82, 2.24) is 0 Å². The van der Waals surface area contributed by atoms with Gasteiger partial charge in [-0.15, -0.1) is 0 Å². The standard InChI is InChI=1S/C18H22N2O2S/c1-12(2)15-9-7-8-13(3)17(15)19-18(21)14(4)23-16-10-5-6-11-20(16)22/h5-12,14H,1-4H3,(H,19,21)/t14-/m1/s1. The molecule has 1 aromatic heterocycles. The monoisotopic (exact) mass is 330 g/mol. The Kier molecular flexibility index (Phi) is 5.66. The quantitative estimate of drug-likeness (QED) is 0.514. The summed E-state index contributed by atoms with van der Waals surface area (Å²) in [6.45, 7) is 8.00. The predicted molar refractivity (Wildman–Crippen MR) is 94.6 cm³/mol. The van der Waals surface area contributed by atoms with Gasteiger partial charge in [-0.25, -0.2) is 0 Å². The molecule has 4 nitrogen and oxygen atoms in total. The molecule has 0 spiro atoms. The molecule has 1 atom stereocenters. The number of carbonyl (C=O) groups is 1. The summed E-state index contributed by atoms with van der Waals surface area (Å²) in [5, 5.41) is 14.9. The van der Waals surface area contributed by atoms with E-state index < -0.39 is 0 Å². The van der Waals surface area contributed by atoms with E-state index in [4.69, 9.17) is 0 Å². The molecule has 0 saturated heterocycles. The number of nitrogens with one attached hydrogen (secondary N) is 1. The second kappa shape index (κ2) is 7.51. The highest BCUT2D eigenvalue weighted by Crippen LogP contribution is 2.28. The van der Waals surface area contributed by atoms with Crippen LogP contribution in [-0.2, 0) is 4.79 Å². The van der Waals surface area contributed by atoms with Crippen LogP contribution in [0.1, 0.15) is 37.8 Å². The third kappa shape index (κ3) is 4.26. The molecule has 1 heterocycles. The molecule has 122 valence electrons. The Balaban J connectivity index is 2.15. The van der Waals surface area contributed by atoms with E-state index in [1.54, 1.807) is 25.1 Å². The molecule has 2 rings (SSSR count). The topological polar surface area (TPSA) is 56.0 Å². The van der Waals surface area contributed by atoms with Gasteiger partial charge >= 0.3 is 0 Å². The number of rotatable bonds is 5. The fourth-order valence-electron chi connectivity index (χ4n) is 2.31. The number of amides is 1. The molecule has 1 amide bonds. The van der Waals surface area contributed by atoms with Crippen LogP contribution in [0.2, 0.25) is 0 Å². The number of aromatic nitrogens is 1. The van der Waals surface area contributed by atoms with Gasteiger partial charge in [-0.3, -0.25) is 4.79 Å². The minimum atomic E-state index is -0.364. The third-order valence-corrected chi connectivity index (χ3v) is 4.76. The van der Waals surface area contributed by atoms with Gasteiger partial charge < -0.3 is 10.5 Å². The van der Waals surface area contributed by atoms with E-state index in [1.807, 2.05) is 25.1 Å². The number of hydrogen-bond acceptors (Lipinski definition) is 3. The first kappa shape index (κ1) is 17.3. The van der Waals surface area contributed by atoms with Gasteiger partial charge in [-0.2, -0.15) is 4.73 Å². The largest absolute Gasteiger partial charge is 0.618 e. The maximum Gasteiger partial charge on any atom is 0.252 e. The Morgan fingerprint density at radius 3 is 2.57 bits per heavy atom. The molecule has 0 bridgehead atoms. The van der Waals surface area contributed by atoms with Crippen molar-refractivity contribution in [3.8, 4) is 0 Å². The van der Waals surface area contributed by atoms with Crippen molar-refractivity contribution in [3.05, 3.63) is 58.9 Å². The van der Waals surface area contributed by atoms with E-state index in [1.165, 1.54) is 18.0 Å². The summed E-state index contributed by atoms with van der Waals surface area (Å²) in [4.78, 5) is 12.5. The average Bonchev–Trinajstić information content (AvgIpc) is 2.51. The van der Waals surface area contributed by atoms with E-state index in [0.29, 0.717) is 10.9 Å². The molecule has 0 aliphatic carbocycles. The summed E-state index contributed by atoms with van der Waals surface area (Å²) in [6.07, 6.45) is 1.44. The van der Waals surface area contributed by atoms with Crippen molar-refractivity contribution in [1.29, 1.82) is 0 Å². The zero-order valence-electron chi connectivity index (χ0n) is 13.9.